The van der Waals surface area contributed by atoms with Gasteiger partial charge in [-0.25, -0.2) is 9.97 Å². The molecule has 1 aromatic heterocycles. The summed E-state index contributed by atoms with van der Waals surface area (Å²) in [6.07, 6.45) is 2.57. The number of fused-ring (bicyclic) bond motifs is 1. The number of hydrogen-bond donors (Lipinski definition) is 1. The van der Waals surface area contributed by atoms with Gasteiger partial charge in [0.05, 0.1) is 11.4 Å². The van der Waals surface area contributed by atoms with Crippen LogP contribution in [0.1, 0.15) is 41.5 Å². The number of rotatable bonds is 3. The summed E-state index contributed by atoms with van der Waals surface area (Å²) in [4.78, 5) is 9.41. The minimum atomic E-state index is 0.663. The van der Waals surface area contributed by atoms with Gasteiger partial charge in [-0.05, 0) is 19.9 Å². The SMILES string of the molecule is CNCc1nc(C2CC2)nc2c1CSC2. The second-order valence-corrected chi connectivity index (χ2v) is 5.24. The lowest BCUT2D eigenvalue weighted by Gasteiger charge is -2.08. The third-order valence-corrected chi connectivity index (χ3v) is 3.94. The van der Waals surface area contributed by atoms with Crippen molar-refractivity contribution in [2.24, 2.45) is 0 Å². The molecular weight excluding hydrogens is 206 g/mol. The molecule has 1 saturated carbocycles. The highest BCUT2D eigenvalue weighted by atomic mass is 32.2. The minimum absolute atomic E-state index is 0.663. The molecule has 0 spiro atoms. The summed E-state index contributed by atoms with van der Waals surface area (Å²) in [7, 11) is 1.98. The third kappa shape index (κ3) is 1.76. The minimum Gasteiger partial charge on any atom is -0.314 e. The van der Waals surface area contributed by atoms with E-state index in [0.29, 0.717) is 5.92 Å². The van der Waals surface area contributed by atoms with E-state index in [1.807, 2.05) is 18.8 Å². The van der Waals surface area contributed by atoms with Crippen molar-refractivity contribution in [3.05, 3.63) is 22.8 Å². The fourth-order valence-electron chi connectivity index (χ4n) is 1.98. The number of thioether (sulfide) groups is 1. The summed E-state index contributed by atoms with van der Waals surface area (Å²) in [5, 5.41) is 3.20. The van der Waals surface area contributed by atoms with Crippen LogP contribution in [0.2, 0.25) is 0 Å². The molecule has 0 bridgehead atoms. The molecule has 1 aliphatic carbocycles. The van der Waals surface area contributed by atoms with Crippen LogP contribution in [0, 0.1) is 0 Å². The first kappa shape index (κ1) is 9.60. The highest BCUT2D eigenvalue weighted by Gasteiger charge is 2.29. The Labute approximate surface area is 94.1 Å². The van der Waals surface area contributed by atoms with Gasteiger partial charge in [0.15, 0.2) is 0 Å². The van der Waals surface area contributed by atoms with Gasteiger partial charge in [0.25, 0.3) is 0 Å². The second kappa shape index (κ2) is 3.76. The summed E-state index contributed by atoms with van der Waals surface area (Å²) in [6.45, 7) is 0.880. The molecule has 0 atom stereocenters. The number of nitrogens with zero attached hydrogens (tertiary/aromatic N) is 2. The fraction of sp³-hybridized carbons (Fsp3) is 0.636. The van der Waals surface area contributed by atoms with Crippen LogP contribution in [-0.2, 0) is 18.1 Å². The van der Waals surface area contributed by atoms with Gasteiger partial charge in [0.2, 0.25) is 0 Å². The van der Waals surface area contributed by atoms with Crippen molar-refractivity contribution in [3.8, 4) is 0 Å². The average Bonchev–Trinajstić information content (AvgIpc) is 2.98. The Morgan fingerprint density at radius 2 is 2.20 bits per heavy atom. The first-order chi connectivity index (χ1) is 7.38. The predicted octanol–water partition coefficient (Wildman–Crippen LogP) is 1.82. The first-order valence-electron chi connectivity index (χ1n) is 5.49. The van der Waals surface area contributed by atoms with Gasteiger partial charge in [0, 0.05) is 29.5 Å². The molecule has 0 saturated heterocycles. The molecule has 1 N–H and O–H groups in total. The van der Waals surface area contributed by atoms with E-state index in [9.17, 15) is 0 Å². The average molecular weight is 221 g/mol. The van der Waals surface area contributed by atoms with E-state index in [4.69, 9.17) is 9.97 Å². The Bertz CT molecular complexity index is 388. The van der Waals surface area contributed by atoms with E-state index in [0.717, 1.165) is 23.9 Å². The Hall–Kier alpha value is -0.610. The van der Waals surface area contributed by atoms with Crippen molar-refractivity contribution < 1.29 is 0 Å². The molecule has 3 nitrogen and oxygen atoms in total. The third-order valence-electron chi connectivity index (χ3n) is 2.97. The highest BCUT2D eigenvalue weighted by molar-refractivity contribution is 7.98. The molecule has 15 heavy (non-hydrogen) atoms. The van der Waals surface area contributed by atoms with Crippen molar-refractivity contribution >= 4 is 11.8 Å². The highest BCUT2D eigenvalue weighted by Crippen LogP contribution is 2.40. The van der Waals surface area contributed by atoms with E-state index in [1.165, 1.54) is 29.8 Å². The van der Waals surface area contributed by atoms with E-state index >= 15 is 0 Å². The quantitative estimate of drug-likeness (QED) is 0.845. The van der Waals surface area contributed by atoms with Gasteiger partial charge in [-0.2, -0.15) is 11.8 Å². The topological polar surface area (TPSA) is 37.8 Å². The molecule has 1 aliphatic heterocycles. The van der Waals surface area contributed by atoms with Crippen molar-refractivity contribution in [2.45, 2.75) is 36.8 Å². The second-order valence-electron chi connectivity index (χ2n) is 4.25. The smallest absolute Gasteiger partial charge is 0.132 e. The maximum atomic E-state index is 4.71. The van der Waals surface area contributed by atoms with E-state index in [2.05, 4.69) is 5.32 Å². The molecule has 3 rings (SSSR count). The molecule has 0 aromatic carbocycles. The number of hydrogen-bond acceptors (Lipinski definition) is 4. The summed E-state index contributed by atoms with van der Waals surface area (Å²) in [5.41, 5.74) is 3.91. The molecule has 2 heterocycles. The van der Waals surface area contributed by atoms with Gasteiger partial charge in [-0.15, -0.1) is 0 Å². The molecule has 1 aromatic rings. The van der Waals surface area contributed by atoms with Gasteiger partial charge in [-0.3, -0.25) is 0 Å². The standard InChI is InChI=1S/C11H15N3S/c1-12-4-9-8-5-15-6-10(8)14-11(13-9)7-2-3-7/h7,12H,2-6H2,1H3. The zero-order valence-electron chi connectivity index (χ0n) is 8.92. The van der Waals surface area contributed by atoms with Crippen LogP contribution in [0.15, 0.2) is 0 Å². The van der Waals surface area contributed by atoms with Crippen LogP contribution in [-0.4, -0.2) is 17.0 Å². The van der Waals surface area contributed by atoms with Gasteiger partial charge in [-0.1, -0.05) is 0 Å². The summed E-state index contributed by atoms with van der Waals surface area (Å²) in [5.74, 6) is 3.93. The maximum absolute atomic E-state index is 4.71. The largest absolute Gasteiger partial charge is 0.314 e. The molecule has 1 fully saturated rings. The Kier molecular flexibility index (Phi) is 2.41. The maximum Gasteiger partial charge on any atom is 0.132 e. The van der Waals surface area contributed by atoms with Crippen LogP contribution >= 0.6 is 11.8 Å². The van der Waals surface area contributed by atoms with E-state index in [1.54, 1.807) is 0 Å². The zero-order chi connectivity index (χ0) is 10.3. The monoisotopic (exact) mass is 221 g/mol. The zero-order valence-corrected chi connectivity index (χ0v) is 9.73. The molecular formula is C11H15N3S. The Morgan fingerprint density at radius 1 is 1.33 bits per heavy atom. The lowest BCUT2D eigenvalue weighted by atomic mass is 10.2. The predicted molar refractivity (Wildman–Crippen MR) is 61.8 cm³/mol. The van der Waals surface area contributed by atoms with Gasteiger partial charge in [0.1, 0.15) is 5.82 Å². The van der Waals surface area contributed by atoms with Crippen LogP contribution in [0.3, 0.4) is 0 Å². The summed E-state index contributed by atoms with van der Waals surface area (Å²) in [6, 6.07) is 0. The summed E-state index contributed by atoms with van der Waals surface area (Å²) >= 11 is 1.95. The lowest BCUT2D eigenvalue weighted by Crippen LogP contribution is -2.12. The molecule has 4 heteroatoms. The van der Waals surface area contributed by atoms with Crippen molar-refractivity contribution in [2.75, 3.05) is 7.05 Å². The van der Waals surface area contributed by atoms with Gasteiger partial charge >= 0.3 is 0 Å². The molecule has 0 unspecified atom stereocenters. The summed E-state index contributed by atoms with van der Waals surface area (Å²) < 4.78 is 0. The Balaban J connectivity index is 2.02. The van der Waals surface area contributed by atoms with Crippen molar-refractivity contribution in [3.63, 3.8) is 0 Å². The molecule has 0 amide bonds. The molecule has 2 aliphatic rings. The van der Waals surface area contributed by atoms with E-state index < -0.39 is 0 Å². The number of aromatic nitrogens is 2. The fourth-order valence-corrected chi connectivity index (χ4v) is 3.05. The van der Waals surface area contributed by atoms with Crippen LogP contribution in [0.5, 0.6) is 0 Å². The normalized spacial score (nSPS) is 19.3. The van der Waals surface area contributed by atoms with Crippen LogP contribution in [0.25, 0.3) is 0 Å². The first-order valence-corrected chi connectivity index (χ1v) is 6.65. The van der Waals surface area contributed by atoms with Crippen molar-refractivity contribution in [1.29, 1.82) is 0 Å². The molecule has 80 valence electrons. The number of nitrogens with one attached hydrogen (secondary N) is 1. The van der Waals surface area contributed by atoms with E-state index in [-0.39, 0.29) is 0 Å². The van der Waals surface area contributed by atoms with Gasteiger partial charge < -0.3 is 5.32 Å². The van der Waals surface area contributed by atoms with Crippen LogP contribution < -0.4 is 5.32 Å². The lowest BCUT2D eigenvalue weighted by molar-refractivity contribution is 0.752. The Morgan fingerprint density at radius 3 is 2.93 bits per heavy atom. The van der Waals surface area contributed by atoms with Crippen LogP contribution in [0.4, 0.5) is 0 Å². The van der Waals surface area contributed by atoms with Crippen molar-refractivity contribution in [1.82, 2.24) is 15.3 Å². The molecule has 0 radical (unpaired) electrons.